The third-order valence-electron chi connectivity index (χ3n) is 2.48. The van der Waals surface area contributed by atoms with Crippen molar-refractivity contribution in [3.05, 3.63) is 52.6 Å². The van der Waals surface area contributed by atoms with Gasteiger partial charge in [0.05, 0.1) is 12.7 Å². The van der Waals surface area contributed by atoms with Crippen LogP contribution in [0.4, 0.5) is 0 Å². The molecule has 5 heteroatoms. The first-order valence-electron chi connectivity index (χ1n) is 5.19. The molecule has 1 heterocycles. The molecule has 0 atom stereocenters. The fourth-order valence-corrected chi connectivity index (χ4v) is 1.52. The maximum atomic E-state index is 11.8. The molecule has 0 aliphatic heterocycles. The molecule has 92 valence electrons. The summed E-state index contributed by atoms with van der Waals surface area (Å²) >= 11 is 0. The first kappa shape index (κ1) is 11.9. The van der Waals surface area contributed by atoms with Crippen LogP contribution >= 0.6 is 0 Å². The van der Waals surface area contributed by atoms with Crippen molar-refractivity contribution in [2.45, 2.75) is 0 Å². The summed E-state index contributed by atoms with van der Waals surface area (Å²) in [5, 5.41) is 0. The smallest absolute Gasteiger partial charge is 0.284 e. The maximum absolute atomic E-state index is 11.8. The molecule has 0 aliphatic carbocycles. The van der Waals surface area contributed by atoms with E-state index in [0.717, 1.165) is 6.07 Å². The third kappa shape index (κ3) is 2.24. The highest BCUT2D eigenvalue weighted by Gasteiger charge is 2.09. The monoisotopic (exact) mass is 245 g/mol. The van der Waals surface area contributed by atoms with Gasteiger partial charge in [-0.25, -0.2) is 0 Å². The maximum Gasteiger partial charge on any atom is 0.284 e. The summed E-state index contributed by atoms with van der Waals surface area (Å²) in [6.07, 6.45) is 1.23. The Kier molecular flexibility index (Phi) is 3.14. The van der Waals surface area contributed by atoms with Crippen LogP contribution < -0.4 is 15.9 Å². The first-order valence-corrected chi connectivity index (χ1v) is 5.19. The Morgan fingerprint density at radius 3 is 2.44 bits per heavy atom. The zero-order valence-electron chi connectivity index (χ0n) is 9.67. The van der Waals surface area contributed by atoms with Crippen molar-refractivity contribution in [3.8, 4) is 16.9 Å². The molecule has 0 fully saturated rings. The molecule has 0 saturated heterocycles. The van der Waals surface area contributed by atoms with Crippen LogP contribution in [0, 0.1) is 0 Å². The Morgan fingerprint density at radius 2 is 1.94 bits per heavy atom. The second-order valence-corrected chi connectivity index (χ2v) is 3.61. The lowest BCUT2D eigenvalue weighted by atomic mass is 10.1. The number of rotatable bonds is 3. The molecule has 18 heavy (non-hydrogen) atoms. The van der Waals surface area contributed by atoms with Gasteiger partial charge in [0.15, 0.2) is 11.2 Å². The number of amides is 1. The van der Waals surface area contributed by atoms with Crippen LogP contribution in [0.1, 0.15) is 10.6 Å². The van der Waals surface area contributed by atoms with E-state index in [0.29, 0.717) is 16.9 Å². The molecule has 2 aromatic rings. The normalized spacial score (nSPS) is 10.1. The summed E-state index contributed by atoms with van der Waals surface area (Å²) in [4.78, 5) is 22.7. The second kappa shape index (κ2) is 4.75. The summed E-state index contributed by atoms with van der Waals surface area (Å²) < 4.78 is 10.0. The van der Waals surface area contributed by atoms with Crippen LogP contribution in [0.25, 0.3) is 11.1 Å². The van der Waals surface area contributed by atoms with Gasteiger partial charge in [0.2, 0.25) is 0 Å². The largest absolute Gasteiger partial charge is 0.497 e. The number of ether oxygens (including phenoxy) is 1. The molecule has 1 aromatic heterocycles. The van der Waals surface area contributed by atoms with Crippen molar-refractivity contribution in [3.63, 3.8) is 0 Å². The van der Waals surface area contributed by atoms with Crippen molar-refractivity contribution in [2.75, 3.05) is 7.11 Å². The molecule has 2 rings (SSSR count). The zero-order chi connectivity index (χ0) is 13.1. The van der Waals surface area contributed by atoms with E-state index in [-0.39, 0.29) is 11.2 Å². The number of carbonyl (C=O) groups is 1. The summed E-state index contributed by atoms with van der Waals surface area (Å²) in [7, 11) is 1.56. The molecule has 5 nitrogen and oxygen atoms in total. The van der Waals surface area contributed by atoms with Crippen molar-refractivity contribution >= 4 is 5.91 Å². The third-order valence-corrected chi connectivity index (χ3v) is 2.48. The molecular formula is C13H11NO4. The van der Waals surface area contributed by atoms with E-state index in [2.05, 4.69) is 0 Å². The van der Waals surface area contributed by atoms with Gasteiger partial charge < -0.3 is 14.9 Å². The van der Waals surface area contributed by atoms with Crippen LogP contribution in [0.5, 0.6) is 5.75 Å². The minimum atomic E-state index is -0.770. The van der Waals surface area contributed by atoms with Crippen LogP contribution in [-0.2, 0) is 0 Å². The zero-order valence-corrected chi connectivity index (χ0v) is 9.67. The lowest BCUT2D eigenvalue weighted by Crippen LogP contribution is -2.14. The van der Waals surface area contributed by atoms with E-state index >= 15 is 0 Å². The van der Waals surface area contributed by atoms with Crippen LogP contribution in [0.2, 0.25) is 0 Å². The van der Waals surface area contributed by atoms with E-state index in [4.69, 9.17) is 14.9 Å². The molecule has 0 spiro atoms. The number of hydrogen-bond acceptors (Lipinski definition) is 4. The quantitative estimate of drug-likeness (QED) is 0.886. The molecule has 1 aromatic carbocycles. The molecule has 1 amide bonds. The number of hydrogen-bond donors (Lipinski definition) is 1. The van der Waals surface area contributed by atoms with Gasteiger partial charge in [0.25, 0.3) is 5.91 Å². The molecular weight excluding hydrogens is 234 g/mol. The fraction of sp³-hybridized carbons (Fsp3) is 0.0769. The number of methoxy groups -OCH3 is 1. The topological polar surface area (TPSA) is 82.5 Å². The first-order chi connectivity index (χ1) is 8.61. The lowest BCUT2D eigenvalue weighted by molar-refractivity contribution is 0.0971. The highest BCUT2D eigenvalue weighted by molar-refractivity contribution is 5.89. The van der Waals surface area contributed by atoms with Crippen molar-refractivity contribution in [1.29, 1.82) is 0 Å². The Hall–Kier alpha value is -2.56. The highest BCUT2D eigenvalue weighted by Crippen LogP contribution is 2.19. The van der Waals surface area contributed by atoms with Crippen LogP contribution in [-0.4, -0.2) is 13.0 Å². The number of carbonyl (C=O) groups excluding carboxylic acids is 1. The highest BCUT2D eigenvalue weighted by atomic mass is 16.5. The SMILES string of the molecule is COc1ccc(-c2coc(C(N)=O)cc2=O)cc1. The lowest BCUT2D eigenvalue weighted by Gasteiger charge is -2.03. The minimum absolute atomic E-state index is 0.155. The van der Waals surface area contributed by atoms with Crippen molar-refractivity contribution < 1.29 is 13.9 Å². The van der Waals surface area contributed by atoms with E-state index < -0.39 is 5.91 Å². The molecule has 0 bridgehead atoms. The van der Waals surface area contributed by atoms with Gasteiger partial charge in [-0.05, 0) is 17.7 Å². The van der Waals surface area contributed by atoms with Gasteiger partial charge in [0.1, 0.15) is 12.0 Å². The Bertz CT molecular complexity index is 628. The Labute approximate surface area is 103 Å². The van der Waals surface area contributed by atoms with Gasteiger partial charge in [-0.2, -0.15) is 0 Å². The van der Waals surface area contributed by atoms with E-state index in [1.165, 1.54) is 6.26 Å². The average molecular weight is 245 g/mol. The van der Waals surface area contributed by atoms with Crippen molar-refractivity contribution in [2.24, 2.45) is 5.73 Å². The summed E-state index contributed by atoms with van der Waals surface area (Å²) in [5.41, 5.74) is 5.75. The standard InChI is InChI=1S/C13H11NO4/c1-17-9-4-2-8(3-5-9)10-7-18-12(13(14)16)6-11(10)15/h2-7H,1H3,(H2,14,16). The van der Waals surface area contributed by atoms with Gasteiger partial charge >= 0.3 is 0 Å². The van der Waals surface area contributed by atoms with E-state index in [9.17, 15) is 9.59 Å². The Balaban J connectivity index is 2.44. The van der Waals surface area contributed by atoms with Gasteiger partial charge in [-0.3, -0.25) is 9.59 Å². The van der Waals surface area contributed by atoms with Crippen LogP contribution in [0.3, 0.4) is 0 Å². The Morgan fingerprint density at radius 1 is 1.28 bits per heavy atom. The van der Waals surface area contributed by atoms with Gasteiger partial charge in [0, 0.05) is 6.07 Å². The predicted octanol–water partition coefficient (Wildman–Crippen LogP) is 1.41. The number of benzene rings is 1. The van der Waals surface area contributed by atoms with Crippen LogP contribution in [0.15, 0.2) is 45.8 Å². The second-order valence-electron chi connectivity index (χ2n) is 3.61. The molecule has 0 saturated carbocycles. The van der Waals surface area contributed by atoms with Gasteiger partial charge in [-0.1, -0.05) is 12.1 Å². The van der Waals surface area contributed by atoms with E-state index in [1.807, 2.05) is 0 Å². The predicted molar refractivity (Wildman–Crippen MR) is 65.5 cm³/mol. The summed E-state index contributed by atoms with van der Waals surface area (Å²) in [6.45, 7) is 0. The van der Waals surface area contributed by atoms with E-state index in [1.54, 1.807) is 31.4 Å². The average Bonchev–Trinajstić information content (AvgIpc) is 2.38. The van der Waals surface area contributed by atoms with Crippen molar-refractivity contribution in [1.82, 2.24) is 0 Å². The molecule has 0 aliphatic rings. The fourth-order valence-electron chi connectivity index (χ4n) is 1.52. The molecule has 0 radical (unpaired) electrons. The molecule has 2 N–H and O–H groups in total. The minimum Gasteiger partial charge on any atom is -0.497 e. The summed E-state index contributed by atoms with van der Waals surface area (Å²) in [5.74, 6) is -0.234. The number of nitrogens with two attached hydrogens (primary N) is 1. The van der Waals surface area contributed by atoms with Gasteiger partial charge in [-0.15, -0.1) is 0 Å². The number of primary amides is 1. The molecule has 0 unspecified atom stereocenters. The summed E-state index contributed by atoms with van der Waals surface area (Å²) in [6, 6.07) is 8.01.